The third-order valence-electron chi connectivity index (χ3n) is 3.96. The summed E-state index contributed by atoms with van der Waals surface area (Å²) in [6, 6.07) is 1.36. The molecule has 8 nitrogen and oxygen atoms in total. The fourth-order valence-corrected chi connectivity index (χ4v) is 2.83. The third kappa shape index (κ3) is 4.99. The average molecular weight is 450 g/mol. The van der Waals surface area contributed by atoms with Crippen LogP contribution in [0.1, 0.15) is 19.4 Å². The van der Waals surface area contributed by atoms with E-state index in [-0.39, 0.29) is 35.8 Å². The molecule has 0 bridgehead atoms. The number of alkyl halides is 3. The summed E-state index contributed by atoms with van der Waals surface area (Å²) < 4.78 is 60.4. The van der Waals surface area contributed by atoms with Gasteiger partial charge in [-0.15, -0.1) is 0 Å². The van der Waals surface area contributed by atoms with E-state index >= 15 is 0 Å². The normalized spacial score (nSPS) is 15.8. The Morgan fingerprint density at radius 3 is 2.67 bits per heavy atom. The van der Waals surface area contributed by atoms with E-state index in [0.29, 0.717) is 5.56 Å². The van der Waals surface area contributed by atoms with Crippen molar-refractivity contribution < 1.29 is 31.8 Å². The number of cyclic esters (lactones) is 1. The molecule has 30 heavy (non-hydrogen) atoms. The molecule has 0 unspecified atom stereocenters. The van der Waals surface area contributed by atoms with Crippen molar-refractivity contribution in [1.82, 2.24) is 15.0 Å². The number of anilines is 2. The lowest BCUT2D eigenvalue weighted by atomic mass is 10.1. The minimum Gasteiger partial charge on any atom is -0.467 e. The molecule has 1 aliphatic rings. The van der Waals surface area contributed by atoms with E-state index in [9.17, 15) is 22.4 Å². The fourth-order valence-electron chi connectivity index (χ4n) is 2.59. The summed E-state index contributed by atoms with van der Waals surface area (Å²) >= 11 is 5.90. The number of rotatable bonds is 6. The molecule has 0 aromatic carbocycles. The van der Waals surface area contributed by atoms with Gasteiger partial charge in [-0.2, -0.15) is 18.2 Å². The molecule has 162 valence electrons. The van der Waals surface area contributed by atoms with Crippen LogP contribution in [-0.2, 0) is 11.3 Å². The van der Waals surface area contributed by atoms with Crippen LogP contribution >= 0.6 is 11.6 Å². The van der Waals surface area contributed by atoms with Gasteiger partial charge in [0.2, 0.25) is 11.8 Å². The summed E-state index contributed by atoms with van der Waals surface area (Å²) in [5.41, 5.74) is -0.317. The summed E-state index contributed by atoms with van der Waals surface area (Å²) in [4.78, 5) is 24.7. The van der Waals surface area contributed by atoms with Gasteiger partial charge in [0.1, 0.15) is 11.6 Å². The van der Waals surface area contributed by atoms with Crippen LogP contribution in [0.5, 0.6) is 5.88 Å². The molecule has 0 aliphatic carbocycles. The van der Waals surface area contributed by atoms with Gasteiger partial charge in [-0.1, -0.05) is 11.6 Å². The second kappa shape index (κ2) is 8.09. The zero-order valence-electron chi connectivity index (χ0n) is 15.8. The monoisotopic (exact) mass is 449 g/mol. The third-order valence-corrected chi connectivity index (χ3v) is 4.23. The molecule has 1 aliphatic heterocycles. The van der Waals surface area contributed by atoms with Gasteiger partial charge in [-0.25, -0.2) is 24.1 Å². The van der Waals surface area contributed by atoms with Crippen LogP contribution in [0.4, 0.5) is 34.1 Å². The van der Waals surface area contributed by atoms with Gasteiger partial charge in [-0.3, -0.25) is 0 Å². The Balaban J connectivity index is 1.71. The molecule has 2 aromatic rings. The highest BCUT2D eigenvalue weighted by Crippen LogP contribution is 2.31. The Bertz CT molecular complexity index is 957. The first-order valence-corrected chi connectivity index (χ1v) is 8.91. The molecule has 13 heteroatoms. The van der Waals surface area contributed by atoms with E-state index in [1.165, 1.54) is 12.3 Å². The first-order valence-electron chi connectivity index (χ1n) is 8.54. The van der Waals surface area contributed by atoms with E-state index in [0.717, 1.165) is 11.1 Å². The van der Waals surface area contributed by atoms with Crippen molar-refractivity contribution in [2.75, 3.05) is 23.4 Å². The van der Waals surface area contributed by atoms with Gasteiger partial charge in [0.15, 0.2) is 18.2 Å². The lowest BCUT2D eigenvalue weighted by Crippen LogP contribution is -2.43. The number of hydrogen-bond donors (Lipinski definition) is 1. The maximum atomic E-state index is 14.2. The summed E-state index contributed by atoms with van der Waals surface area (Å²) in [6.07, 6.45) is -3.07. The van der Waals surface area contributed by atoms with E-state index in [2.05, 4.69) is 25.0 Å². The summed E-state index contributed by atoms with van der Waals surface area (Å²) in [5.74, 6) is -1.39. The zero-order chi connectivity index (χ0) is 22.1. The van der Waals surface area contributed by atoms with Crippen molar-refractivity contribution in [2.45, 2.75) is 32.1 Å². The predicted molar refractivity (Wildman–Crippen MR) is 98.0 cm³/mol. The van der Waals surface area contributed by atoms with E-state index in [1.54, 1.807) is 13.8 Å². The summed E-state index contributed by atoms with van der Waals surface area (Å²) in [6.45, 7) is 2.03. The Morgan fingerprint density at radius 2 is 2.07 bits per heavy atom. The number of pyridine rings is 1. The van der Waals surface area contributed by atoms with Crippen molar-refractivity contribution >= 4 is 29.5 Å². The summed E-state index contributed by atoms with van der Waals surface area (Å²) in [7, 11) is 0. The van der Waals surface area contributed by atoms with Crippen molar-refractivity contribution in [3.63, 3.8) is 0 Å². The van der Waals surface area contributed by atoms with E-state index < -0.39 is 30.2 Å². The Kier molecular flexibility index (Phi) is 5.88. The topological polar surface area (TPSA) is 89.5 Å². The van der Waals surface area contributed by atoms with Crippen LogP contribution in [0.15, 0.2) is 18.5 Å². The first-order chi connectivity index (χ1) is 14.0. The Labute approximate surface area is 173 Å². The number of carbonyl (C=O) groups excluding carboxylic acids is 1. The van der Waals surface area contributed by atoms with Crippen molar-refractivity contribution in [3.8, 4) is 5.88 Å². The van der Waals surface area contributed by atoms with Crippen LogP contribution in [-0.4, -0.2) is 46.0 Å². The molecule has 3 heterocycles. The van der Waals surface area contributed by atoms with Crippen molar-refractivity contribution in [2.24, 2.45) is 0 Å². The molecule has 1 fully saturated rings. The number of halogens is 5. The van der Waals surface area contributed by atoms with Gasteiger partial charge in [0.25, 0.3) is 0 Å². The molecule has 0 atom stereocenters. The molecule has 0 spiro atoms. The van der Waals surface area contributed by atoms with E-state index in [1.807, 2.05) is 0 Å². The highest BCUT2D eigenvalue weighted by atomic mass is 35.5. The smallest absolute Gasteiger partial charge is 0.422 e. The van der Waals surface area contributed by atoms with Crippen LogP contribution in [0.3, 0.4) is 0 Å². The maximum absolute atomic E-state index is 14.2. The highest BCUT2D eigenvalue weighted by Gasteiger charge is 2.43. The Hall–Kier alpha value is -2.89. The van der Waals surface area contributed by atoms with Gasteiger partial charge in [-0.05, 0) is 25.5 Å². The number of ether oxygens (including phenoxy) is 2. The number of nitrogens with zero attached hydrogens (tertiary/aromatic N) is 4. The highest BCUT2D eigenvalue weighted by molar-refractivity contribution is 6.31. The molecule has 1 N–H and O–H groups in total. The number of carbonyl (C=O) groups is 1. The fraction of sp³-hybridized carbons (Fsp3) is 0.412. The van der Waals surface area contributed by atoms with Gasteiger partial charge in [0.05, 0.1) is 11.7 Å². The lowest BCUT2D eigenvalue weighted by Gasteiger charge is -2.27. The SMILES string of the molecule is CC1(C)COC(=O)N1c1nc(NCc2cnc(OCC(F)(F)F)c(Cl)c2)ncc1F. The first kappa shape index (κ1) is 21.8. The largest absolute Gasteiger partial charge is 0.467 e. The van der Waals surface area contributed by atoms with Gasteiger partial charge >= 0.3 is 12.3 Å². The number of aromatic nitrogens is 3. The second-order valence-corrected chi connectivity index (χ2v) is 7.36. The number of hydrogen-bond acceptors (Lipinski definition) is 7. The molecule has 0 radical (unpaired) electrons. The van der Waals surface area contributed by atoms with Gasteiger partial charge < -0.3 is 14.8 Å². The zero-order valence-corrected chi connectivity index (χ0v) is 16.5. The minimum atomic E-state index is -4.51. The molecule has 2 aromatic heterocycles. The second-order valence-electron chi connectivity index (χ2n) is 6.96. The molecule has 3 rings (SSSR count). The van der Waals surface area contributed by atoms with Crippen LogP contribution in [0.2, 0.25) is 5.02 Å². The number of nitrogens with one attached hydrogen (secondary N) is 1. The minimum absolute atomic E-state index is 0.00965. The molecule has 1 amide bonds. The molecule has 1 saturated heterocycles. The molecule has 0 saturated carbocycles. The summed E-state index contributed by atoms with van der Waals surface area (Å²) in [5, 5.41) is 2.70. The quantitative estimate of drug-likeness (QED) is 0.668. The van der Waals surface area contributed by atoms with Crippen LogP contribution in [0, 0.1) is 5.82 Å². The van der Waals surface area contributed by atoms with Crippen molar-refractivity contribution in [3.05, 3.63) is 34.9 Å². The number of amides is 1. The van der Waals surface area contributed by atoms with E-state index in [4.69, 9.17) is 16.3 Å². The van der Waals surface area contributed by atoms with Crippen molar-refractivity contribution in [1.29, 1.82) is 0 Å². The predicted octanol–water partition coefficient (Wildman–Crippen LogP) is 3.95. The average Bonchev–Trinajstić information content (AvgIpc) is 2.92. The molecular formula is C17H16ClF4N5O3. The lowest BCUT2D eigenvalue weighted by molar-refractivity contribution is -0.154. The standard InChI is InChI=1S/C17H16ClF4N5O3/c1-16(2)7-30-15(28)27(16)12-11(19)6-25-14(26-12)24-5-9-3-10(18)13(23-4-9)29-8-17(20,21)22/h3-4,6H,5,7-8H2,1-2H3,(H,24,25,26). The Morgan fingerprint density at radius 1 is 1.33 bits per heavy atom. The van der Waals surface area contributed by atoms with Crippen LogP contribution in [0.25, 0.3) is 0 Å². The van der Waals surface area contributed by atoms with Crippen LogP contribution < -0.4 is 15.0 Å². The maximum Gasteiger partial charge on any atom is 0.422 e. The molecular weight excluding hydrogens is 434 g/mol. The van der Waals surface area contributed by atoms with Gasteiger partial charge in [0, 0.05) is 12.7 Å².